The molecule has 3 amide bonds. The second-order valence-corrected chi connectivity index (χ2v) is 8.18. The van der Waals surface area contributed by atoms with Crippen LogP contribution in [-0.2, 0) is 9.59 Å². The van der Waals surface area contributed by atoms with Gasteiger partial charge in [-0.2, -0.15) is 0 Å². The summed E-state index contributed by atoms with van der Waals surface area (Å²) in [5, 5.41) is 2.21. The Morgan fingerprint density at radius 2 is 1.78 bits per heavy atom. The average molecular weight is 448 g/mol. The molecule has 2 heterocycles. The van der Waals surface area contributed by atoms with Gasteiger partial charge in [-0.25, -0.2) is 0 Å². The lowest BCUT2D eigenvalue weighted by Crippen LogP contribution is -2.36. The third kappa shape index (κ3) is 4.60. The molecular formula is C24H21N3O4S. The molecule has 2 aromatic carbocycles. The highest BCUT2D eigenvalue weighted by Crippen LogP contribution is 2.32. The van der Waals surface area contributed by atoms with Gasteiger partial charge in [0.15, 0.2) is 0 Å². The number of carbonyl (C=O) groups excluding carboxylic acids is 3. The van der Waals surface area contributed by atoms with E-state index in [2.05, 4.69) is 5.32 Å². The molecule has 1 saturated heterocycles. The molecule has 0 spiro atoms. The van der Waals surface area contributed by atoms with Crippen molar-refractivity contribution in [3.8, 4) is 11.4 Å². The number of amides is 3. The average Bonchev–Trinajstić information content (AvgIpc) is 3.35. The first kappa shape index (κ1) is 21.5. The number of nitrogens with zero attached hydrogens (tertiary/aromatic N) is 2. The first-order valence-corrected chi connectivity index (χ1v) is 10.7. The molecule has 1 aromatic heterocycles. The summed E-state index contributed by atoms with van der Waals surface area (Å²) in [4.78, 5) is 38.8. The molecule has 0 aliphatic carbocycles. The molecule has 8 heteroatoms. The van der Waals surface area contributed by atoms with Gasteiger partial charge in [0.1, 0.15) is 12.3 Å². The van der Waals surface area contributed by atoms with Crippen LogP contribution in [0.1, 0.15) is 11.3 Å². The van der Waals surface area contributed by atoms with Crippen LogP contribution < -0.4 is 10.1 Å². The maximum Gasteiger partial charge on any atom is 0.294 e. The molecule has 1 aliphatic heterocycles. The molecule has 3 aromatic rings. The number of benzene rings is 2. The van der Waals surface area contributed by atoms with Crippen molar-refractivity contribution in [2.75, 3.05) is 19.0 Å². The van der Waals surface area contributed by atoms with Crippen molar-refractivity contribution >= 4 is 40.6 Å². The lowest BCUT2D eigenvalue weighted by atomic mass is 10.2. The van der Waals surface area contributed by atoms with Crippen molar-refractivity contribution < 1.29 is 19.1 Å². The van der Waals surface area contributed by atoms with Crippen molar-refractivity contribution in [1.29, 1.82) is 0 Å². The number of methoxy groups -OCH3 is 1. The summed E-state index contributed by atoms with van der Waals surface area (Å²) < 4.78 is 7.02. The van der Waals surface area contributed by atoms with Crippen LogP contribution in [0.4, 0.5) is 10.5 Å². The first-order chi connectivity index (χ1) is 15.4. The van der Waals surface area contributed by atoms with E-state index in [0.29, 0.717) is 11.4 Å². The minimum atomic E-state index is -0.485. The summed E-state index contributed by atoms with van der Waals surface area (Å²) in [5.74, 6) is -0.280. The second kappa shape index (κ2) is 9.15. The van der Waals surface area contributed by atoms with Gasteiger partial charge in [-0.05, 0) is 73.3 Å². The molecule has 1 N–H and O–H groups in total. The second-order valence-electron chi connectivity index (χ2n) is 7.18. The molecule has 1 fully saturated rings. The Morgan fingerprint density at radius 3 is 2.47 bits per heavy atom. The summed E-state index contributed by atoms with van der Waals surface area (Å²) in [6.07, 6.45) is 3.56. The molecule has 0 atom stereocenters. The van der Waals surface area contributed by atoms with Crippen LogP contribution in [0.3, 0.4) is 0 Å². The van der Waals surface area contributed by atoms with Gasteiger partial charge in [-0.1, -0.05) is 17.7 Å². The summed E-state index contributed by atoms with van der Waals surface area (Å²) in [5.41, 5.74) is 3.41. The quantitative estimate of drug-likeness (QED) is 0.564. The van der Waals surface area contributed by atoms with Crippen molar-refractivity contribution in [2.24, 2.45) is 0 Å². The number of rotatable bonds is 6. The van der Waals surface area contributed by atoms with E-state index in [-0.39, 0.29) is 11.4 Å². The third-order valence-corrected chi connectivity index (χ3v) is 5.83. The van der Waals surface area contributed by atoms with Gasteiger partial charge in [-0.3, -0.25) is 19.3 Å². The topological polar surface area (TPSA) is 80.6 Å². The molecule has 0 radical (unpaired) electrons. The minimum absolute atomic E-state index is 0.277. The third-order valence-electron chi connectivity index (χ3n) is 4.92. The zero-order chi connectivity index (χ0) is 22.7. The Bertz CT molecular complexity index is 1200. The fourth-order valence-electron chi connectivity index (χ4n) is 3.24. The maximum absolute atomic E-state index is 12.8. The van der Waals surface area contributed by atoms with Gasteiger partial charge in [0, 0.05) is 23.3 Å². The fourth-order valence-corrected chi connectivity index (χ4v) is 4.06. The van der Waals surface area contributed by atoms with Gasteiger partial charge in [0.25, 0.3) is 11.1 Å². The Labute approximate surface area is 189 Å². The SMILES string of the molecule is COc1ccc(NC(=O)CN2C(=O)S/C(=C/c3cccn3-c3ccc(C)cc3)C2=O)cc1. The Balaban J connectivity index is 1.47. The van der Waals surface area contributed by atoms with Crippen LogP contribution in [0.15, 0.2) is 71.8 Å². The zero-order valence-corrected chi connectivity index (χ0v) is 18.4. The van der Waals surface area contributed by atoms with Crippen molar-refractivity contribution in [2.45, 2.75) is 6.92 Å². The largest absolute Gasteiger partial charge is 0.497 e. The van der Waals surface area contributed by atoms with E-state index < -0.39 is 17.1 Å². The number of carbonyl (C=O) groups is 3. The van der Waals surface area contributed by atoms with E-state index in [1.54, 1.807) is 37.5 Å². The first-order valence-electron chi connectivity index (χ1n) is 9.88. The van der Waals surface area contributed by atoms with Crippen molar-refractivity contribution in [3.05, 3.63) is 83.0 Å². The molecule has 0 bridgehead atoms. The van der Waals surface area contributed by atoms with Gasteiger partial charge in [0.05, 0.1) is 12.0 Å². The summed E-state index contributed by atoms with van der Waals surface area (Å²) in [7, 11) is 1.55. The highest BCUT2D eigenvalue weighted by molar-refractivity contribution is 8.18. The van der Waals surface area contributed by atoms with E-state index in [4.69, 9.17) is 4.74 Å². The number of nitrogens with one attached hydrogen (secondary N) is 1. The van der Waals surface area contributed by atoms with E-state index in [0.717, 1.165) is 33.6 Å². The molecule has 32 heavy (non-hydrogen) atoms. The number of thioether (sulfide) groups is 1. The molecule has 1 aliphatic rings. The molecule has 4 rings (SSSR count). The van der Waals surface area contributed by atoms with Crippen LogP contribution in [0.2, 0.25) is 0 Å². The van der Waals surface area contributed by atoms with Gasteiger partial charge in [-0.15, -0.1) is 0 Å². The smallest absolute Gasteiger partial charge is 0.294 e. The summed E-state index contributed by atoms with van der Waals surface area (Å²) in [6, 6.07) is 18.5. The van der Waals surface area contributed by atoms with Crippen LogP contribution in [-0.4, -0.2) is 40.2 Å². The molecular weight excluding hydrogens is 426 g/mol. The molecule has 0 saturated carbocycles. The monoisotopic (exact) mass is 447 g/mol. The number of hydrogen-bond donors (Lipinski definition) is 1. The van der Waals surface area contributed by atoms with Crippen molar-refractivity contribution in [1.82, 2.24) is 9.47 Å². The maximum atomic E-state index is 12.8. The number of imide groups is 1. The van der Waals surface area contributed by atoms with Gasteiger partial charge >= 0.3 is 0 Å². The number of anilines is 1. The lowest BCUT2D eigenvalue weighted by Gasteiger charge is -2.12. The Hall–Kier alpha value is -3.78. The predicted molar refractivity (Wildman–Crippen MR) is 125 cm³/mol. The van der Waals surface area contributed by atoms with E-state index in [1.165, 1.54) is 0 Å². The summed E-state index contributed by atoms with van der Waals surface area (Å²) in [6.45, 7) is 1.66. The normalized spacial score (nSPS) is 14.8. The zero-order valence-electron chi connectivity index (χ0n) is 17.6. The highest BCUT2D eigenvalue weighted by Gasteiger charge is 2.36. The van der Waals surface area contributed by atoms with Crippen LogP contribution in [0.5, 0.6) is 5.75 Å². The highest BCUT2D eigenvalue weighted by atomic mass is 32.2. The number of aromatic nitrogens is 1. The van der Waals surface area contributed by atoms with Gasteiger partial charge < -0.3 is 14.6 Å². The van der Waals surface area contributed by atoms with Crippen LogP contribution >= 0.6 is 11.8 Å². The predicted octanol–water partition coefficient (Wildman–Crippen LogP) is 4.47. The van der Waals surface area contributed by atoms with E-state index in [1.807, 2.05) is 54.1 Å². The van der Waals surface area contributed by atoms with Crippen molar-refractivity contribution in [3.63, 3.8) is 0 Å². The minimum Gasteiger partial charge on any atom is -0.497 e. The summed E-state index contributed by atoms with van der Waals surface area (Å²) >= 11 is 0.828. The van der Waals surface area contributed by atoms with Gasteiger partial charge in [0.2, 0.25) is 5.91 Å². The Kier molecular flexibility index (Phi) is 6.13. The van der Waals surface area contributed by atoms with Crippen LogP contribution in [0.25, 0.3) is 11.8 Å². The Morgan fingerprint density at radius 1 is 1.06 bits per heavy atom. The number of hydrogen-bond acceptors (Lipinski definition) is 5. The number of aryl methyl sites for hydroxylation is 1. The molecule has 162 valence electrons. The molecule has 7 nitrogen and oxygen atoms in total. The van der Waals surface area contributed by atoms with Crippen LogP contribution in [0, 0.1) is 6.92 Å². The van der Waals surface area contributed by atoms with E-state index in [9.17, 15) is 14.4 Å². The fraction of sp³-hybridized carbons (Fsp3) is 0.125. The lowest BCUT2D eigenvalue weighted by molar-refractivity contribution is -0.127. The number of ether oxygens (including phenoxy) is 1. The van der Waals surface area contributed by atoms with E-state index >= 15 is 0 Å². The standard InChI is InChI=1S/C24H21N3O4S/c1-16-5-9-18(10-6-16)26-13-3-4-19(26)14-21-23(29)27(24(30)32-21)15-22(28)25-17-7-11-20(31-2)12-8-17/h3-14H,15H2,1-2H3,(H,25,28)/b21-14+. The molecule has 0 unspecified atom stereocenters.